The highest BCUT2D eigenvalue weighted by molar-refractivity contribution is 6.42. The lowest BCUT2D eigenvalue weighted by Crippen LogP contribution is -2.34. The van der Waals surface area contributed by atoms with Crippen molar-refractivity contribution < 1.29 is 19.4 Å². The first kappa shape index (κ1) is 19.6. The molecule has 26 heavy (non-hydrogen) atoms. The van der Waals surface area contributed by atoms with Crippen molar-refractivity contribution in [2.75, 3.05) is 13.7 Å². The van der Waals surface area contributed by atoms with Gasteiger partial charge in [-0.25, -0.2) is 5.43 Å². The van der Waals surface area contributed by atoms with Crippen LogP contribution in [0.25, 0.3) is 0 Å². The third kappa shape index (κ3) is 5.37. The Labute approximate surface area is 159 Å². The molecule has 136 valence electrons. The number of methoxy groups -OCH3 is 1. The average Bonchev–Trinajstić information content (AvgIpc) is 2.63. The minimum absolute atomic E-state index is 0.00120. The summed E-state index contributed by atoms with van der Waals surface area (Å²) >= 11 is 11.6. The molecule has 3 N–H and O–H groups in total. The SMILES string of the molecule is COc1cc(C=NNC(=O)CNC(=O)c2ccc(Cl)c(Cl)c2)ccc1O. The summed E-state index contributed by atoms with van der Waals surface area (Å²) < 4.78 is 4.97. The zero-order chi connectivity index (χ0) is 19.1. The van der Waals surface area contributed by atoms with Crippen molar-refractivity contribution in [1.82, 2.24) is 10.7 Å². The van der Waals surface area contributed by atoms with E-state index in [9.17, 15) is 14.7 Å². The van der Waals surface area contributed by atoms with E-state index < -0.39 is 11.8 Å². The standard InChI is InChI=1S/C17H15Cl2N3O4/c1-26-15-6-10(2-5-14(15)23)8-21-22-16(24)9-20-17(25)11-3-4-12(18)13(19)7-11/h2-8,23H,9H2,1H3,(H,20,25)(H,22,24). The van der Waals surface area contributed by atoms with E-state index in [1.54, 1.807) is 12.1 Å². The van der Waals surface area contributed by atoms with Gasteiger partial charge in [0.2, 0.25) is 0 Å². The number of phenols is 1. The molecular weight excluding hydrogens is 381 g/mol. The average molecular weight is 396 g/mol. The molecule has 0 aliphatic rings. The number of nitrogens with zero attached hydrogens (tertiary/aromatic N) is 1. The van der Waals surface area contributed by atoms with Crippen LogP contribution in [0.1, 0.15) is 15.9 Å². The van der Waals surface area contributed by atoms with Crippen LogP contribution >= 0.6 is 23.2 Å². The minimum atomic E-state index is -0.514. The summed E-state index contributed by atoms with van der Waals surface area (Å²) in [7, 11) is 1.42. The molecule has 2 rings (SSSR count). The second kappa shape index (κ2) is 9.07. The molecule has 0 atom stereocenters. The summed E-state index contributed by atoms with van der Waals surface area (Å²) in [6.07, 6.45) is 1.38. The summed E-state index contributed by atoms with van der Waals surface area (Å²) in [4.78, 5) is 23.7. The summed E-state index contributed by atoms with van der Waals surface area (Å²) in [6, 6.07) is 9.00. The van der Waals surface area contributed by atoms with Crippen LogP contribution in [0.15, 0.2) is 41.5 Å². The van der Waals surface area contributed by atoms with Crippen LogP contribution in [0.3, 0.4) is 0 Å². The molecule has 2 aromatic rings. The van der Waals surface area contributed by atoms with Crippen molar-refractivity contribution >= 4 is 41.2 Å². The number of hydrogen-bond acceptors (Lipinski definition) is 5. The number of ether oxygens (including phenoxy) is 1. The zero-order valence-corrected chi connectivity index (χ0v) is 15.1. The molecule has 0 aliphatic heterocycles. The van der Waals surface area contributed by atoms with E-state index in [0.29, 0.717) is 10.6 Å². The van der Waals surface area contributed by atoms with Crippen LogP contribution in [0, 0.1) is 0 Å². The van der Waals surface area contributed by atoms with E-state index in [0.717, 1.165) is 0 Å². The van der Waals surface area contributed by atoms with E-state index in [4.69, 9.17) is 27.9 Å². The first-order valence-electron chi connectivity index (χ1n) is 7.33. The van der Waals surface area contributed by atoms with E-state index in [1.165, 1.54) is 37.6 Å². The number of phenolic OH excluding ortho intramolecular Hbond substituents is 1. The van der Waals surface area contributed by atoms with Gasteiger partial charge in [-0.05, 0) is 42.0 Å². The highest BCUT2D eigenvalue weighted by Gasteiger charge is 2.09. The van der Waals surface area contributed by atoms with Gasteiger partial charge in [-0.1, -0.05) is 23.2 Å². The van der Waals surface area contributed by atoms with E-state index in [1.807, 2.05) is 0 Å². The van der Waals surface area contributed by atoms with Crippen molar-refractivity contribution in [2.24, 2.45) is 5.10 Å². The Morgan fingerprint density at radius 2 is 1.96 bits per heavy atom. The summed E-state index contributed by atoms with van der Waals surface area (Å²) in [6.45, 7) is -0.269. The lowest BCUT2D eigenvalue weighted by Gasteiger charge is -2.05. The number of rotatable bonds is 6. The lowest BCUT2D eigenvalue weighted by atomic mass is 10.2. The molecule has 0 spiro atoms. The number of hydrazone groups is 1. The van der Waals surface area contributed by atoms with E-state index in [2.05, 4.69) is 15.8 Å². The fraction of sp³-hybridized carbons (Fsp3) is 0.118. The molecule has 2 amide bonds. The number of halogens is 2. The molecule has 9 heteroatoms. The van der Waals surface area contributed by atoms with Gasteiger partial charge in [0.05, 0.1) is 29.9 Å². The second-order valence-corrected chi connectivity index (χ2v) is 5.85. The van der Waals surface area contributed by atoms with Gasteiger partial charge >= 0.3 is 0 Å². The highest BCUT2D eigenvalue weighted by Crippen LogP contribution is 2.25. The fourth-order valence-corrected chi connectivity index (χ4v) is 2.19. The lowest BCUT2D eigenvalue weighted by molar-refractivity contribution is -0.120. The summed E-state index contributed by atoms with van der Waals surface area (Å²) in [5, 5.41) is 16.3. The number of amides is 2. The molecule has 0 saturated carbocycles. The van der Waals surface area contributed by atoms with Crippen molar-refractivity contribution in [1.29, 1.82) is 0 Å². The molecule has 2 aromatic carbocycles. The molecule has 7 nitrogen and oxygen atoms in total. The van der Waals surface area contributed by atoms with Gasteiger partial charge in [0, 0.05) is 5.56 Å². The molecule has 0 saturated heterocycles. The number of hydrogen-bond donors (Lipinski definition) is 3. The Balaban J connectivity index is 1.85. The normalized spacial score (nSPS) is 10.6. The number of carbonyl (C=O) groups excluding carboxylic acids is 2. The number of benzene rings is 2. The van der Waals surface area contributed by atoms with E-state index >= 15 is 0 Å². The summed E-state index contributed by atoms with van der Waals surface area (Å²) in [5.41, 5.74) is 3.17. The maximum Gasteiger partial charge on any atom is 0.259 e. The van der Waals surface area contributed by atoms with Gasteiger partial charge in [0.25, 0.3) is 11.8 Å². The molecule has 0 aliphatic carbocycles. The first-order chi connectivity index (χ1) is 12.4. The Hall–Kier alpha value is -2.77. The smallest absolute Gasteiger partial charge is 0.259 e. The molecule has 0 heterocycles. The Morgan fingerprint density at radius 3 is 2.65 bits per heavy atom. The Kier molecular flexibility index (Phi) is 6.82. The van der Waals surface area contributed by atoms with Crippen LogP contribution in [-0.2, 0) is 4.79 Å². The maximum absolute atomic E-state index is 11.9. The van der Waals surface area contributed by atoms with Gasteiger partial charge < -0.3 is 15.2 Å². The van der Waals surface area contributed by atoms with Crippen LogP contribution < -0.4 is 15.5 Å². The van der Waals surface area contributed by atoms with Crippen molar-refractivity contribution in [2.45, 2.75) is 0 Å². The van der Waals surface area contributed by atoms with Crippen molar-refractivity contribution in [3.63, 3.8) is 0 Å². The first-order valence-corrected chi connectivity index (χ1v) is 8.08. The predicted octanol–water partition coefficient (Wildman–Crippen LogP) is 2.59. The number of nitrogens with one attached hydrogen (secondary N) is 2. The number of aromatic hydroxyl groups is 1. The topological polar surface area (TPSA) is 100 Å². The maximum atomic E-state index is 11.9. The van der Waals surface area contributed by atoms with Gasteiger partial charge in [-0.2, -0.15) is 5.10 Å². The molecule has 0 bridgehead atoms. The van der Waals surface area contributed by atoms with Gasteiger partial charge in [0.1, 0.15) is 0 Å². The predicted molar refractivity (Wildman–Crippen MR) is 99.2 cm³/mol. The van der Waals surface area contributed by atoms with Crippen LogP contribution in [-0.4, -0.2) is 36.8 Å². The zero-order valence-electron chi connectivity index (χ0n) is 13.6. The van der Waals surface area contributed by atoms with Crippen LogP contribution in [0.2, 0.25) is 10.0 Å². The monoisotopic (exact) mass is 395 g/mol. The van der Waals surface area contributed by atoms with Gasteiger partial charge in [0.15, 0.2) is 11.5 Å². The third-order valence-electron chi connectivity index (χ3n) is 3.20. The summed E-state index contributed by atoms with van der Waals surface area (Å²) in [5.74, 6) is -0.695. The second-order valence-electron chi connectivity index (χ2n) is 5.04. The fourth-order valence-electron chi connectivity index (χ4n) is 1.89. The third-order valence-corrected chi connectivity index (χ3v) is 3.94. The molecule has 0 aromatic heterocycles. The van der Waals surface area contributed by atoms with Crippen molar-refractivity contribution in [3.05, 3.63) is 57.6 Å². The number of carbonyl (C=O) groups is 2. The van der Waals surface area contributed by atoms with E-state index in [-0.39, 0.29) is 28.6 Å². The van der Waals surface area contributed by atoms with Crippen LogP contribution in [0.4, 0.5) is 0 Å². The van der Waals surface area contributed by atoms with Crippen molar-refractivity contribution in [3.8, 4) is 11.5 Å². The van der Waals surface area contributed by atoms with Crippen LogP contribution in [0.5, 0.6) is 11.5 Å². The Morgan fingerprint density at radius 1 is 1.19 bits per heavy atom. The largest absolute Gasteiger partial charge is 0.504 e. The molecule has 0 radical (unpaired) electrons. The van der Waals surface area contributed by atoms with Gasteiger partial charge in [-0.15, -0.1) is 0 Å². The quantitative estimate of drug-likeness (QED) is 0.516. The molecule has 0 fully saturated rings. The highest BCUT2D eigenvalue weighted by atomic mass is 35.5. The molecular formula is C17H15Cl2N3O4. The van der Waals surface area contributed by atoms with Gasteiger partial charge in [-0.3, -0.25) is 9.59 Å². The Bertz CT molecular complexity index is 856. The molecule has 0 unspecified atom stereocenters. The minimum Gasteiger partial charge on any atom is -0.504 e.